The summed E-state index contributed by atoms with van der Waals surface area (Å²) in [5.41, 5.74) is 4.08. The highest BCUT2D eigenvalue weighted by Gasteiger charge is 2.32. The number of aromatic nitrogens is 6. The Balaban J connectivity index is 0.000000152. The topological polar surface area (TPSA) is 287 Å². The lowest BCUT2D eigenvalue weighted by Crippen LogP contribution is -2.43. The van der Waals surface area contributed by atoms with Crippen molar-refractivity contribution in [2.45, 2.75) is 18.8 Å². The number of alkyl halides is 6. The molecule has 3 saturated heterocycles. The monoisotopic (exact) mass is 1610 g/mol. The van der Waals surface area contributed by atoms with Gasteiger partial charge in [-0.2, -0.15) is 26.3 Å². The average molecular weight is 1610 g/mol. The molecule has 26 nitrogen and oxygen atoms in total. The highest BCUT2D eigenvalue weighted by Crippen LogP contribution is 2.35. The molecule has 15 rings (SSSR count). The lowest BCUT2D eigenvalue weighted by molar-refractivity contribution is -0.138. The predicted molar refractivity (Wildman–Crippen MR) is 426 cm³/mol. The summed E-state index contributed by atoms with van der Waals surface area (Å²) in [4.78, 5) is 70.6. The van der Waals surface area contributed by atoms with Crippen LogP contribution in [0.1, 0.15) is 17.5 Å². The summed E-state index contributed by atoms with van der Waals surface area (Å²) >= 11 is 5.84. The van der Waals surface area contributed by atoms with Gasteiger partial charge in [0, 0.05) is 129 Å². The molecular formula is C82H76ClF7N16O10. The maximum Gasteiger partial charge on any atom is 0.416 e. The molecule has 9 aromatic carbocycles. The van der Waals surface area contributed by atoms with E-state index in [4.69, 9.17) is 49.7 Å². The van der Waals surface area contributed by atoms with Gasteiger partial charge in [-0.3, -0.25) is 14.8 Å². The first-order chi connectivity index (χ1) is 56.2. The summed E-state index contributed by atoms with van der Waals surface area (Å²) < 4.78 is 132. The minimum atomic E-state index is -4.50. The van der Waals surface area contributed by atoms with Gasteiger partial charge in [0.25, 0.3) is 0 Å². The number of carbonyl (C=O) groups is 3. The van der Waals surface area contributed by atoms with Crippen LogP contribution in [0.3, 0.4) is 0 Å². The minimum Gasteiger partial charge on any atom is -0.477 e. The lowest BCUT2D eigenvalue weighted by atomic mass is 10.2. The van der Waals surface area contributed by atoms with Crippen molar-refractivity contribution in [2.24, 2.45) is 0 Å². The zero-order valence-corrected chi connectivity index (χ0v) is 62.6. The molecule has 0 bridgehead atoms. The first kappa shape index (κ1) is 81.2. The molecule has 0 aliphatic carbocycles. The van der Waals surface area contributed by atoms with Crippen LogP contribution in [0, 0.1) is 5.82 Å². The van der Waals surface area contributed by atoms with Crippen LogP contribution in [-0.2, 0) is 21.8 Å². The molecule has 34 heteroatoms. The fourth-order valence-electron chi connectivity index (χ4n) is 11.9. The van der Waals surface area contributed by atoms with E-state index in [0.717, 1.165) is 134 Å². The van der Waals surface area contributed by atoms with Gasteiger partial charge < -0.3 is 75.3 Å². The summed E-state index contributed by atoms with van der Waals surface area (Å²) in [6.07, 6.45) is -3.16. The Morgan fingerprint density at radius 1 is 0.422 bits per heavy atom. The van der Waals surface area contributed by atoms with E-state index in [-0.39, 0.29) is 22.8 Å². The second-order valence-corrected chi connectivity index (χ2v) is 26.6. The van der Waals surface area contributed by atoms with Gasteiger partial charge in [0.05, 0.1) is 95.9 Å². The number of urea groups is 3. The Morgan fingerprint density at radius 3 is 1.30 bits per heavy atom. The lowest BCUT2D eigenvalue weighted by Gasteiger charge is -2.28. The van der Waals surface area contributed by atoms with E-state index in [1.165, 1.54) is 36.4 Å². The number of nitrogens with one attached hydrogen (secondary N) is 7. The molecule has 116 heavy (non-hydrogen) atoms. The average Bonchev–Trinajstić information content (AvgIpc) is 0.816. The van der Waals surface area contributed by atoms with Crippen LogP contribution in [0.2, 0.25) is 5.02 Å². The van der Waals surface area contributed by atoms with Crippen LogP contribution in [0.4, 0.5) is 85.1 Å². The fraction of sp³-hybridized carbons (Fsp3) is 0.232. The normalized spacial score (nSPS) is 13.9. The predicted octanol–water partition coefficient (Wildman–Crippen LogP) is 17.3. The second-order valence-electron chi connectivity index (χ2n) is 26.2. The van der Waals surface area contributed by atoms with E-state index < -0.39 is 47.4 Å². The van der Waals surface area contributed by atoms with Crippen molar-refractivity contribution in [3.8, 4) is 46.3 Å². The molecule has 0 spiro atoms. The van der Waals surface area contributed by atoms with Gasteiger partial charge in [-0.05, 0) is 164 Å². The number of fused-ring (bicyclic) bond motifs is 3. The quantitative estimate of drug-likeness (QED) is 0.0245. The summed E-state index contributed by atoms with van der Waals surface area (Å²) in [6, 6.07) is 46.8. The van der Waals surface area contributed by atoms with Crippen molar-refractivity contribution in [2.75, 3.05) is 142 Å². The highest BCUT2D eigenvalue weighted by molar-refractivity contribution is 6.30. The Kier molecular flexibility index (Phi) is 27.2. The standard InChI is InChI=1S/C29H28F3N5O4.C28H26F3N5O4.C25H22ClFN6O2/c30-29(31,32)20-3-1-4-22(17-20)35-28(38)34-21-5-7-23(8-6-21)41-24-9-10-25-26(18-24)36-27(19-33-25)40-14-2-11-37-12-15-39-16-13-37;29-28(30,31)19-2-1-3-21(16-19)34-27(37)33-20-4-6-22(7-5-20)40-23-8-9-24-25(17-23)35-26(18-32-24)39-15-12-36-10-13-38-14-11-36;26-16-1-3-17(4-2-16)30-25(34)31-18-5-8-23(20(27)13-18)35-19-6-7-21-22(14-19)32-24(15-29-21)33-11-9-28-10-12-33/h1,3-10,17-19H,2,11-16H2,(H2,34,35,38);1-9,16-18H,10-15H2,(H2,33,34,37);1-8,13-15,28H,9-12H2,(H2,30,31,34). The van der Waals surface area contributed by atoms with Gasteiger partial charge in [-0.15, -0.1) is 0 Å². The third kappa shape index (κ3) is 24.1. The van der Waals surface area contributed by atoms with Crippen molar-refractivity contribution < 1.29 is 78.3 Å². The fourth-order valence-corrected chi connectivity index (χ4v) is 12.1. The molecule has 7 N–H and O–H groups in total. The van der Waals surface area contributed by atoms with Gasteiger partial charge in [-0.1, -0.05) is 23.7 Å². The smallest absolute Gasteiger partial charge is 0.416 e. The van der Waals surface area contributed by atoms with Crippen LogP contribution in [-0.4, -0.2) is 163 Å². The van der Waals surface area contributed by atoms with Gasteiger partial charge in [0.15, 0.2) is 11.6 Å². The maximum atomic E-state index is 14.7. The number of halogens is 8. The number of piperazine rings is 1. The molecule has 600 valence electrons. The van der Waals surface area contributed by atoms with Crippen LogP contribution < -0.4 is 65.8 Å². The number of carbonyl (C=O) groups excluding carboxylic acids is 3. The molecule has 6 heterocycles. The Morgan fingerprint density at radius 2 is 0.828 bits per heavy atom. The minimum absolute atomic E-state index is 0.0253. The zero-order chi connectivity index (χ0) is 80.8. The number of amides is 6. The third-order valence-electron chi connectivity index (χ3n) is 17.8. The summed E-state index contributed by atoms with van der Waals surface area (Å²) in [7, 11) is 0. The van der Waals surface area contributed by atoms with E-state index in [9.17, 15) is 45.1 Å². The number of hydrogen-bond donors (Lipinski definition) is 7. The van der Waals surface area contributed by atoms with Gasteiger partial charge in [0.1, 0.15) is 41.2 Å². The number of ether oxygens (including phenoxy) is 7. The molecule has 0 saturated carbocycles. The number of benzene rings is 9. The summed E-state index contributed by atoms with van der Waals surface area (Å²) in [6.45, 7) is 12.9. The number of hydrogen-bond acceptors (Lipinski definition) is 20. The SMILES string of the molecule is O=C(Nc1ccc(Cl)cc1)Nc1ccc(Oc2ccc3ncc(N4CCNCC4)nc3c2)c(F)c1.O=C(Nc1ccc(Oc2ccc3ncc(OCCCN4CCOCC4)nc3c2)cc1)Nc1cccc(C(F)(F)F)c1.O=C(Nc1ccc(Oc2ccc3ncc(OCCN4CCOCC4)nc3c2)cc1)Nc1cccc(C(F)(F)F)c1. The Hall–Kier alpha value is -12.8. The highest BCUT2D eigenvalue weighted by atomic mass is 35.5. The van der Waals surface area contributed by atoms with E-state index in [1.54, 1.807) is 152 Å². The summed E-state index contributed by atoms with van der Waals surface area (Å²) in [5.74, 6) is 3.61. The first-order valence-corrected chi connectivity index (χ1v) is 37.0. The molecular weight excluding hydrogens is 1540 g/mol. The number of rotatable bonds is 22. The summed E-state index contributed by atoms with van der Waals surface area (Å²) in [5, 5.41) is 19.1. The van der Waals surface area contributed by atoms with E-state index >= 15 is 0 Å². The molecule has 0 unspecified atom stereocenters. The zero-order valence-electron chi connectivity index (χ0n) is 61.9. The van der Waals surface area contributed by atoms with Gasteiger partial charge in [-0.25, -0.2) is 43.7 Å². The van der Waals surface area contributed by atoms with Gasteiger partial charge >= 0.3 is 30.4 Å². The van der Waals surface area contributed by atoms with E-state index in [2.05, 4.69) is 76.8 Å². The molecule has 6 amide bonds. The van der Waals surface area contributed by atoms with E-state index in [0.29, 0.717) is 103 Å². The van der Waals surface area contributed by atoms with Crippen LogP contribution in [0.5, 0.6) is 46.3 Å². The number of nitrogens with zero attached hydrogens (tertiary/aromatic N) is 9. The molecule has 3 aliphatic rings. The van der Waals surface area contributed by atoms with Crippen molar-refractivity contribution in [3.63, 3.8) is 0 Å². The molecule has 0 atom stereocenters. The van der Waals surface area contributed by atoms with Gasteiger partial charge in [0.2, 0.25) is 11.8 Å². The molecule has 3 aromatic heterocycles. The van der Waals surface area contributed by atoms with Crippen molar-refractivity contribution in [1.29, 1.82) is 0 Å². The Bertz CT molecular complexity index is 5340. The Labute approximate surface area is 664 Å². The maximum absolute atomic E-state index is 14.7. The second kappa shape index (κ2) is 38.8. The van der Waals surface area contributed by atoms with Crippen LogP contribution >= 0.6 is 11.6 Å². The first-order valence-electron chi connectivity index (χ1n) is 36.7. The van der Waals surface area contributed by atoms with Crippen molar-refractivity contribution in [3.05, 3.63) is 235 Å². The van der Waals surface area contributed by atoms with Crippen LogP contribution in [0.15, 0.2) is 213 Å². The number of morpholine rings is 2. The van der Waals surface area contributed by atoms with Crippen molar-refractivity contribution in [1.82, 2.24) is 45.0 Å². The largest absolute Gasteiger partial charge is 0.477 e. The molecule has 12 aromatic rings. The number of anilines is 7. The third-order valence-corrected chi connectivity index (χ3v) is 18.0. The molecule has 3 aliphatic heterocycles. The molecule has 0 radical (unpaired) electrons. The van der Waals surface area contributed by atoms with Crippen LogP contribution in [0.25, 0.3) is 33.1 Å². The molecule has 3 fully saturated rings. The van der Waals surface area contributed by atoms with E-state index in [1.807, 2.05) is 0 Å². The van der Waals surface area contributed by atoms with Crippen molar-refractivity contribution >= 4 is 103 Å².